The maximum Gasteiger partial charge on any atom is 0.254 e. The van der Waals surface area contributed by atoms with Crippen LogP contribution < -0.4 is 5.32 Å². The summed E-state index contributed by atoms with van der Waals surface area (Å²) < 4.78 is 0. The molecule has 0 aromatic carbocycles. The average molecular weight is 181 g/mol. The molecule has 1 aliphatic carbocycles. The topological polar surface area (TPSA) is 78.0 Å². The van der Waals surface area contributed by atoms with Gasteiger partial charge in [-0.15, -0.1) is 0 Å². The highest BCUT2D eigenvalue weighted by atomic mass is 16.3. The predicted octanol–water partition coefficient (Wildman–Crippen LogP) is -0.336. The quantitative estimate of drug-likeness (QED) is 0.597. The van der Waals surface area contributed by atoms with E-state index in [2.05, 4.69) is 15.5 Å². The first-order valence-corrected chi connectivity index (χ1v) is 4.18. The van der Waals surface area contributed by atoms with Crippen molar-refractivity contribution in [2.45, 2.75) is 18.4 Å². The Morgan fingerprint density at radius 2 is 2.54 bits per heavy atom. The monoisotopic (exact) mass is 181 g/mol. The van der Waals surface area contributed by atoms with E-state index in [-0.39, 0.29) is 18.1 Å². The minimum Gasteiger partial charge on any atom is -0.394 e. The van der Waals surface area contributed by atoms with Crippen LogP contribution in [0, 0.1) is 0 Å². The van der Waals surface area contributed by atoms with Gasteiger partial charge in [-0.05, 0) is 12.8 Å². The SMILES string of the molecule is O=C(NC1(CO)CC1)c1cn[nH]c1. The number of aromatic amines is 1. The number of rotatable bonds is 3. The maximum absolute atomic E-state index is 11.4. The van der Waals surface area contributed by atoms with Crippen LogP contribution in [0.3, 0.4) is 0 Å². The lowest BCUT2D eigenvalue weighted by Crippen LogP contribution is -2.39. The molecule has 1 aliphatic rings. The second kappa shape index (κ2) is 2.85. The third-order valence-electron chi connectivity index (χ3n) is 2.30. The van der Waals surface area contributed by atoms with Crippen LogP contribution in [0.4, 0.5) is 0 Å². The number of carbonyl (C=O) groups excluding carboxylic acids is 1. The molecule has 1 fully saturated rings. The highest BCUT2D eigenvalue weighted by Crippen LogP contribution is 2.34. The van der Waals surface area contributed by atoms with Crippen molar-refractivity contribution in [2.75, 3.05) is 6.61 Å². The minimum absolute atomic E-state index is 0.0105. The highest BCUT2D eigenvalue weighted by Gasteiger charge is 2.43. The molecule has 70 valence electrons. The smallest absolute Gasteiger partial charge is 0.254 e. The lowest BCUT2D eigenvalue weighted by molar-refractivity contribution is 0.0907. The van der Waals surface area contributed by atoms with Crippen LogP contribution in [0.25, 0.3) is 0 Å². The molecule has 1 amide bonds. The van der Waals surface area contributed by atoms with Gasteiger partial charge in [0.25, 0.3) is 5.91 Å². The van der Waals surface area contributed by atoms with Crippen molar-refractivity contribution in [1.82, 2.24) is 15.5 Å². The number of H-pyrrole nitrogens is 1. The zero-order chi connectivity index (χ0) is 9.31. The normalized spacial score (nSPS) is 18.2. The van der Waals surface area contributed by atoms with Gasteiger partial charge in [0.05, 0.1) is 23.9 Å². The van der Waals surface area contributed by atoms with E-state index < -0.39 is 0 Å². The Bertz CT molecular complexity index is 303. The van der Waals surface area contributed by atoms with Crippen molar-refractivity contribution >= 4 is 5.91 Å². The molecule has 5 nitrogen and oxygen atoms in total. The van der Waals surface area contributed by atoms with E-state index in [1.807, 2.05) is 0 Å². The molecule has 0 saturated heterocycles. The second-order valence-corrected chi connectivity index (χ2v) is 3.38. The van der Waals surface area contributed by atoms with E-state index >= 15 is 0 Å². The van der Waals surface area contributed by atoms with Gasteiger partial charge in [-0.1, -0.05) is 0 Å². The van der Waals surface area contributed by atoms with Crippen molar-refractivity contribution in [3.8, 4) is 0 Å². The van der Waals surface area contributed by atoms with E-state index in [4.69, 9.17) is 5.11 Å². The Hall–Kier alpha value is -1.36. The highest BCUT2D eigenvalue weighted by molar-refractivity contribution is 5.94. The van der Waals surface area contributed by atoms with Gasteiger partial charge in [0, 0.05) is 6.20 Å². The van der Waals surface area contributed by atoms with Crippen molar-refractivity contribution in [2.24, 2.45) is 0 Å². The molecule has 3 N–H and O–H groups in total. The Morgan fingerprint density at radius 1 is 1.77 bits per heavy atom. The summed E-state index contributed by atoms with van der Waals surface area (Å²) in [6.45, 7) is 0.0105. The molecule has 0 unspecified atom stereocenters. The Labute approximate surface area is 75.2 Å². The van der Waals surface area contributed by atoms with E-state index in [1.165, 1.54) is 12.4 Å². The van der Waals surface area contributed by atoms with Gasteiger partial charge in [-0.3, -0.25) is 9.89 Å². The zero-order valence-corrected chi connectivity index (χ0v) is 7.08. The van der Waals surface area contributed by atoms with Crippen molar-refractivity contribution in [1.29, 1.82) is 0 Å². The standard InChI is InChI=1S/C8H11N3O2/c12-5-8(1-2-8)11-7(13)6-3-9-10-4-6/h3-4,12H,1-2,5H2,(H,9,10)(H,11,13). The summed E-state index contributed by atoms with van der Waals surface area (Å²) in [7, 11) is 0. The lowest BCUT2D eigenvalue weighted by atomic mass is 10.2. The van der Waals surface area contributed by atoms with Gasteiger partial charge in [0.1, 0.15) is 0 Å². The Morgan fingerprint density at radius 3 is 3.00 bits per heavy atom. The molecule has 0 radical (unpaired) electrons. The minimum atomic E-state index is -0.353. The molecule has 0 bridgehead atoms. The van der Waals surface area contributed by atoms with E-state index in [0.717, 1.165) is 12.8 Å². The number of amides is 1. The predicted molar refractivity (Wildman–Crippen MR) is 45.1 cm³/mol. The number of nitrogens with one attached hydrogen (secondary N) is 2. The third kappa shape index (κ3) is 1.55. The molecule has 1 saturated carbocycles. The molecular weight excluding hydrogens is 170 g/mol. The Kier molecular flexibility index (Phi) is 1.81. The van der Waals surface area contributed by atoms with Crippen molar-refractivity contribution in [3.05, 3.63) is 18.0 Å². The van der Waals surface area contributed by atoms with Gasteiger partial charge in [-0.25, -0.2) is 0 Å². The fraction of sp³-hybridized carbons (Fsp3) is 0.500. The van der Waals surface area contributed by atoms with Crippen LogP contribution in [-0.2, 0) is 0 Å². The fourth-order valence-corrected chi connectivity index (χ4v) is 1.16. The van der Waals surface area contributed by atoms with Crippen LogP contribution in [0.5, 0.6) is 0 Å². The molecule has 2 rings (SSSR count). The molecule has 0 spiro atoms. The second-order valence-electron chi connectivity index (χ2n) is 3.38. The number of carbonyl (C=O) groups is 1. The van der Waals surface area contributed by atoms with Crippen LogP contribution in [0.2, 0.25) is 0 Å². The number of aromatic nitrogens is 2. The number of aliphatic hydroxyl groups is 1. The average Bonchev–Trinajstić information content (AvgIpc) is 2.69. The third-order valence-corrected chi connectivity index (χ3v) is 2.30. The summed E-state index contributed by atoms with van der Waals surface area (Å²) in [5.41, 5.74) is 0.147. The summed E-state index contributed by atoms with van der Waals surface area (Å²) in [5, 5.41) is 18.0. The molecule has 5 heteroatoms. The summed E-state index contributed by atoms with van der Waals surface area (Å²) in [6, 6.07) is 0. The first-order chi connectivity index (χ1) is 6.26. The molecule has 1 heterocycles. The number of hydrogen-bond donors (Lipinski definition) is 3. The van der Waals surface area contributed by atoms with Crippen LogP contribution >= 0.6 is 0 Å². The molecule has 13 heavy (non-hydrogen) atoms. The largest absolute Gasteiger partial charge is 0.394 e. The summed E-state index contributed by atoms with van der Waals surface area (Å²) in [4.78, 5) is 11.4. The van der Waals surface area contributed by atoms with Gasteiger partial charge < -0.3 is 10.4 Å². The molecule has 1 aromatic rings. The first-order valence-electron chi connectivity index (χ1n) is 4.18. The van der Waals surface area contributed by atoms with Crippen molar-refractivity contribution < 1.29 is 9.90 Å². The van der Waals surface area contributed by atoms with Crippen molar-refractivity contribution in [3.63, 3.8) is 0 Å². The molecule has 1 aromatic heterocycles. The zero-order valence-electron chi connectivity index (χ0n) is 7.08. The van der Waals surface area contributed by atoms with Gasteiger partial charge >= 0.3 is 0 Å². The molecule has 0 atom stereocenters. The first kappa shape index (κ1) is 8.25. The fourth-order valence-electron chi connectivity index (χ4n) is 1.16. The van der Waals surface area contributed by atoms with E-state index in [1.54, 1.807) is 0 Å². The number of aliphatic hydroxyl groups excluding tert-OH is 1. The van der Waals surface area contributed by atoms with Gasteiger partial charge in [0.15, 0.2) is 0 Å². The van der Waals surface area contributed by atoms with Gasteiger partial charge in [0.2, 0.25) is 0 Å². The molecular formula is C8H11N3O2. The van der Waals surface area contributed by atoms with Crippen LogP contribution in [-0.4, -0.2) is 33.4 Å². The lowest BCUT2D eigenvalue weighted by Gasteiger charge is -2.12. The van der Waals surface area contributed by atoms with Crippen LogP contribution in [0.15, 0.2) is 12.4 Å². The van der Waals surface area contributed by atoms with E-state index in [0.29, 0.717) is 5.56 Å². The summed E-state index contributed by atoms with van der Waals surface area (Å²) in [6.07, 6.45) is 4.70. The maximum atomic E-state index is 11.4. The molecule has 0 aliphatic heterocycles. The Balaban J connectivity index is 2.00. The summed E-state index contributed by atoms with van der Waals surface area (Å²) >= 11 is 0. The number of nitrogens with zero attached hydrogens (tertiary/aromatic N) is 1. The van der Waals surface area contributed by atoms with Gasteiger partial charge in [-0.2, -0.15) is 5.10 Å². The summed E-state index contributed by atoms with van der Waals surface area (Å²) in [5.74, 6) is -0.180. The van der Waals surface area contributed by atoms with E-state index in [9.17, 15) is 4.79 Å². The van der Waals surface area contributed by atoms with Crippen LogP contribution in [0.1, 0.15) is 23.2 Å². The number of hydrogen-bond acceptors (Lipinski definition) is 3.